The lowest BCUT2D eigenvalue weighted by atomic mass is 10.2. The quantitative estimate of drug-likeness (QED) is 0.765. The molecular weight excluding hydrogens is 332 g/mol. The fourth-order valence-electron chi connectivity index (χ4n) is 2.80. The van der Waals surface area contributed by atoms with Gasteiger partial charge in [-0.25, -0.2) is 4.79 Å². The Bertz CT molecular complexity index is 581. The van der Waals surface area contributed by atoms with Crippen LogP contribution in [0.4, 0.5) is 4.79 Å². The molecule has 0 bridgehead atoms. The molecule has 0 aromatic heterocycles. The summed E-state index contributed by atoms with van der Waals surface area (Å²) in [6.45, 7) is 9.16. The number of nitrogens with one attached hydrogen (secondary N) is 2. The number of piperazine rings is 1. The third-order valence-corrected chi connectivity index (χ3v) is 4.32. The van der Waals surface area contributed by atoms with Crippen LogP contribution < -0.4 is 15.4 Å². The molecule has 1 saturated heterocycles. The highest BCUT2D eigenvalue weighted by Gasteiger charge is 2.19. The molecule has 144 valence electrons. The maximum absolute atomic E-state index is 12.0. The highest BCUT2D eigenvalue weighted by molar-refractivity contribution is 5.95. The van der Waals surface area contributed by atoms with Gasteiger partial charge in [-0.15, -0.1) is 0 Å². The van der Waals surface area contributed by atoms with Gasteiger partial charge >= 0.3 is 6.03 Å². The number of ether oxygens (including phenoxy) is 1. The van der Waals surface area contributed by atoms with E-state index in [1.54, 1.807) is 7.11 Å². The second-order valence-electron chi connectivity index (χ2n) is 7.05. The van der Waals surface area contributed by atoms with Gasteiger partial charge in [0.25, 0.3) is 0 Å². The third-order valence-electron chi connectivity index (χ3n) is 4.32. The number of carbonyl (C=O) groups is 2. The van der Waals surface area contributed by atoms with Crippen molar-refractivity contribution in [2.75, 3.05) is 46.4 Å². The van der Waals surface area contributed by atoms with Crippen LogP contribution in [-0.2, 0) is 11.3 Å². The number of hydrogen-bond donors (Lipinski definition) is 2. The molecule has 7 heteroatoms. The zero-order valence-electron chi connectivity index (χ0n) is 16.0. The average molecular weight is 362 g/mol. The number of carbonyl (C=O) groups excluding carboxylic acids is 2. The predicted octanol–water partition coefficient (Wildman–Crippen LogP) is 1.29. The molecule has 1 aromatic rings. The van der Waals surface area contributed by atoms with Crippen molar-refractivity contribution in [2.24, 2.45) is 5.92 Å². The second kappa shape index (κ2) is 10.1. The van der Waals surface area contributed by atoms with Crippen LogP contribution in [0, 0.1) is 5.92 Å². The molecule has 1 aromatic carbocycles. The van der Waals surface area contributed by atoms with Crippen molar-refractivity contribution in [3.8, 4) is 5.75 Å². The third kappa shape index (κ3) is 7.01. The number of nitrogens with zero attached hydrogens (tertiary/aromatic N) is 2. The maximum atomic E-state index is 12.0. The van der Waals surface area contributed by atoms with E-state index in [4.69, 9.17) is 4.74 Å². The van der Waals surface area contributed by atoms with Crippen LogP contribution in [0.2, 0.25) is 0 Å². The summed E-state index contributed by atoms with van der Waals surface area (Å²) in [6.07, 6.45) is 0. The topological polar surface area (TPSA) is 73.9 Å². The fourth-order valence-corrected chi connectivity index (χ4v) is 2.80. The molecule has 0 aliphatic carbocycles. The first-order chi connectivity index (χ1) is 12.5. The van der Waals surface area contributed by atoms with Crippen LogP contribution in [0.15, 0.2) is 24.3 Å². The summed E-state index contributed by atoms with van der Waals surface area (Å²) in [6, 6.07) is 7.69. The number of imide groups is 1. The van der Waals surface area contributed by atoms with Gasteiger partial charge in [-0.3, -0.25) is 19.9 Å². The van der Waals surface area contributed by atoms with Gasteiger partial charge in [0.1, 0.15) is 5.75 Å². The number of hydrogen-bond acceptors (Lipinski definition) is 5. The van der Waals surface area contributed by atoms with E-state index in [9.17, 15) is 9.59 Å². The first-order valence-electron chi connectivity index (χ1n) is 9.11. The van der Waals surface area contributed by atoms with E-state index in [2.05, 4.69) is 32.6 Å². The summed E-state index contributed by atoms with van der Waals surface area (Å²) in [5, 5.41) is 5.07. The lowest BCUT2D eigenvalue weighted by Crippen LogP contribution is -2.51. The van der Waals surface area contributed by atoms with Gasteiger partial charge in [-0.2, -0.15) is 0 Å². The van der Waals surface area contributed by atoms with Gasteiger partial charge in [-0.05, 0) is 23.6 Å². The van der Waals surface area contributed by atoms with Gasteiger partial charge in [0, 0.05) is 39.3 Å². The Labute approximate surface area is 155 Å². The molecule has 2 N–H and O–H groups in total. The molecule has 1 aliphatic rings. The van der Waals surface area contributed by atoms with E-state index >= 15 is 0 Å². The highest BCUT2D eigenvalue weighted by Crippen LogP contribution is 2.14. The SMILES string of the molecule is COc1ccc(CN2CCN(CC(=O)NC(=O)NCC(C)C)CC2)cc1. The van der Waals surface area contributed by atoms with Gasteiger partial charge in [0.2, 0.25) is 5.91 Å². The van der Waals surface area contributed by atoms with Crippen molar-refractivity contribution >= 4 is 11.9 Å². The Morgan fingerprint density at radius 2 is 1.69 bits per heavy atom. The summed E-state index contributed by atoms with van der Waals surface area (Å²) < 4.78 is 5.18. The zero-order chi connectivity index (χ0) is 18.9. The predicted molar refractivity (Wildman–Crippen MR) is 101 cm³/mol. The van der Waals surface area contributed by atoms with E-state index in [1.165, 1.54) is 5.56 Å². The lowest BCUT2D eigenvalue weighted by Gasteiger charge is -2.34. The molecule has 0 saturated carbocycles. The Kier molecular flexibility index (Phi) is 7.87. The molecule has 0 spiro atoms. The highest BCUT2D eigenvalue weighted by atomic mass is 16.5. The minimum atomic E-state index is -0.415. The molecule has 3 amide bonds. The van der Waals surface area contributed by atoms with Crippen molar-refractivity contribution in [2.45, 2.75) is 20.4 Å². The lowest BCUT2D eigenvalue weighted by molar-refractivity contribution is -0.121. The van der Waals surface area contributed by atoms with Crippen LogP contribution in [-0.4, -0.2) is 68.1 Å². The van der Waals surface area contributed by atoms with Crippen molar-refractivity contribution in [1.82, 2.24) is 20.4 Å². The molecule has 0 radical (unpaired) electrons. The number of rotatable bonds is 7. The molecule has 1 fully saturated rings. The number of benzene rings is 1. The van der Waals surface area contributed by atoms with Crippen LogP contribution in [0.5, 0.6) is 5.75 Å². The normalized spacial score (nSPS) is 15.7. The molecule has 1 heterocycles. The second-order valence-corrected chi connectivity index (χ2v) is 7.05. The van der Waals surface area contributed by atoms with E-state index < -0.39 is 6.03 Å². The van der Waals surface area contributed by atoms with Crippen molar-refractivity contribution in [3.05, 3.63) is 29.8 Å². The molecule has 26 heavy (non-hydrogen) atoms. The molecule has 7 nitrogen and oxygen atoms in total. The molecule has 2 rings (SSSR count). The van der Waals surface area contributed by atoms with Crippen LogP contribution in [0.25, 0.3) is 0 Å². The van der Waals surface area contributed by atoms with E-state index in [-0.39, 0.29) is 12.5 Å². The molecule has 0 unspecified atom stereocenters. The van der Waals surface area contributed by atoms with E-state index in [0.29, 0.717) is 12.5 Å². The summed E-state index contributed by atoms with van der Waals surface area (Å²) in [4.78, 5) is 28.0. The Morgan fingerprint density at radius 3 is 2.27 bits per heavy atom. The first kappa shape index (κ1) is 20.2. The maximum Gasteiger partial charge on any atom is 0.321 e. The number of urea groups is 1. The minimum Gasteiger partial charge on any atom is -0.497 e. The van der Waals surface area contributed by atoms with Crippen molar-refractivity contribution in [1.29, 1.82) is 0 Å². The van der Waals surface area contributed by atoms with Crippen LogP contribution in [0.3, 0.4) is 0 Å². The van der Waals surface area contributed by atoms with Crippen LogP contribution in [0.1, 0.15) is 19.4 Å². The first-order valence-corrected chi connectivity index (χ1v) is 9.11. The minimum absolute atomic E-state index is 0.255. The largest absolute Gasteiger partial charge is 0.497 e. The average Bonchev–Trinajstić information content (AvgIpc) is 2.62. The zero-order valence-corrected chi connectivity index (χ0v) is 16.0. The Hall–Kier alpha value is -2.12. The Morgan fingerprint density at radius 1 is 1.08 bits per heavy atom. The molecule has 0 atom stereocenters. The van der Waals surface area contributed by atoms with E-state index in [1.807, 2.05) is 26.0 Å². The fraction of sp³-hybridized carbons (Fsp3) is 0.579. The summed E-state index contributed by atoms with van der Waals surface area (Å²) in [7, 11) is 1.67. The van der Waals surface area contributed by atoms with Crippen LogP contribution >= 0.6 is 0 Å². The molecule has 1 aliphatic heterocycles. The summed E-state index contributed by atoms with van der Waals surface area (Å²) >= 11 is 0. The van der Waals surface area contributed by atoms with Gasteiger partial charge in [0.05, 0.1) is 13.7 Å². The number of methoxy groups -OCH3 is 1. The smallest absolute Gasteiger partial charge is 0.321 e. The summed E-state index contributed by atoms with van der Waals surface area (Å²) in [5.41, 5.74) is 1.25. The van der Waals surface area contributed by atoms with Gasteiger partial charge in [-0.1, -0.05) is 26.0 Å². The monoisotopic (exact) mass is 362 g/mol. The van der Waals surface area contributed by atoms with Gasteiger partial charge in [0.15, 0.2) is 0 Å². The van der Waals surface area contributed by atoms with Gasteiger partial charge < -0.3 is 10.1 Å². The Balaban J connectivity index is 1.67. The van der Waals surface area contributed by atoms with E-state index in [0.717, 1.165) is 38.5 Å². The van der Waals surface area contributed by atoms with Crippen molar-refractivity contribution in [3.63, 3.8) is 0 Å². The summed E-state index contributed by atoms with van der Waals surface area (Å²) in [5.74, 6) is 0.964. The molecular formula is C19H30N4O3. The standard InChI is InChI=1S/C19H30N4O3/c1-15(2)12-20-19(25)21-18(24)14-23-10-8-22(9-11-23)13-16-4-6-17(26-3)7-5-16/h4-7,15H,8-14H2,1-3H3,(H2,20,21,24,25). The van der Waals surface area contributed by atoms with Crippen molar-refractivity contribution < 1.29 is 14.3 Å². The number of amides is 3.